The number of nitrogens with one attached hydrogen (secondary N) is 1. The summed E-state index contributed by atoms with van der Waals surface area (Å²) >= 11 is 0. The van der Waals surface area contributed by atoms with Crippen LogP contribution in [0.1, 0.15) is 45.4 Å². The van der Waals surface area contributed by atoms with Gasteiger partial charge in [-0.25, -0.2) is 0 Å². The van der Waals surface area contributed by atoms with E-state index in [0.717, 1.165) is 13.0 Å². The van der Waals surface area contributed by atoms with Gasteiger partial charge in [0.15, 0.2) is 0 Å². The molecule has 1 atom stereocenters. The van der Waals surface area contributed by atoms with Gasteiger partial charge in [0.05, 0.1) is 13.7 Å². The van der Waals surface area contributed by atoms with Gasteiger partial charge < -0.3 is 10.1 Å². The summed E-state index contributed by atoms with van der Waals surface area (Å²) in [7, 11) is 1.38. The molecule has 110 valence electrons. The summed E-state index contributed by atoms with van der Waals surface area (Å²) < 4.78 is 4.55. The van der Waals surface area contributed by atoms with Crippen molar-refractivity contribution < 1.29 is 14.3 Å². The number of carbonyl (C=O) groups excluding carboxylic acids is 2. The average Bonchev–Trinajstić information content (AvgIpc) is 2.43. The fourth-order valence-electron chi connectivity index (χ4n) is 2.53. The first kappa shape index (κ1) is 16.0. The first-order chi connectivity index (χ1) is 9.17. The van der Waals surface area contributed by atoms with Crippen LogP contribution in [0.25, 0.3) is 0 Å². The highest BCUT2D eigenvalue weighted by Gasteiger charge is 2.22. The Kier molecular flexibility index (Phi) is 7.48. The van der Waals surface area contributed by atoms with Gasteiger partial charge in [-0.15, -0.1) is 0 Å². The van der Waals surface area contributed by atoms with Gasteiger partial charge in [-0.2, -0.15) is 0 Å². The second-order valence-corrected chi connectivity index (χ2v) is 5.06. The Bertz CT molecular complexity index is 294. The Morgan fingerprint density at radius 2 is 2.16 bits per heavy atom. The van der Waals surface area contributed by atoms with Crippen molar-refractivity contribution in [2.75, 3.05) is 26.7 Å². The number of methoxy groups -OCH3 is 1. The van der Waals surface area contributed by atoms with Gasteiger partial charge in [0.25, 0.3) is 0 Å². The Morgan fingerprint density at radius 1 is 1.37 bits per heavy atom. The van der Waals surface area contributed by atoms with Crippen molar-refractivity contribution >= 4 is 11.9 Å². The quantitative estimate of drug-likeness (QED) is 0.560. The molecule has 0 aromatic heterocycles. The Labute approximate surface area is 115 Å². The lowest BCUT2D eigenvalue weighted by Gasteiger charge is -2.34. The van der Waals surface area contributed by atoms with Gasteiger partial charge in [-0.05, 0) is 32.2 Å². The number of rotatable bonds is 7. The van der Waals surface area contributed by atoms with Crippen LogP contribution in [0.2, 0.25) is 0 Å². The number of likely N-dealkylation sites (tertiary alicyclic amines) is 1. The van der Waals surface area contributed by atoms with E-state index in [1.807, 2.05) is 0 Å². The third-order valence-electron chi connectivity index (χ3n) is 3.67. The van der Waals surface area contributed by atoms with Crippen LogP contribution < -0.4 is 5.32 Å². The van der Waals surface area contributed by atoms with E-state index in [9.17, 15) is 9.59 Å². The number of piperidine rings is 1. The Morgan fingerprint density at radius 3 is 2.84 bits per heavy atom. The number of nitrogens with zero attached hydrogens (tertiary/aromatic N) is 1. The highest BCUT2D eigenvalue weighted by molar-refractivity contribution is 5.78. The number of esters is 1. The molecule has 1 N–H and O–H groups in total. The standard InChI is InChI=1S/C14H26N2O3/c1-3-12-7-4-5-10-16(12)11-13(17)15-9-6-8-14(18)19-2/h12H,3-11H2,1-2H3,(H,15,17). The van der Waals surface area contributed by atoms with Gasteiger partial charge >= 0.3 is 5.97 Å². The van der Waals surface area contributed by atoms with Crippen molar-refractivity contribution in [3.05, 3.63) is 0 Å². The highest BCUT2D eigenvalue weighted by atomic mass is 16.5. The van der Waals surface area contributed by atoms with Gasteiger partial charge in [0.2, 0.25) is 5.91 Å². The van der Waals surface area contributed by atoms with Crippen LogP contribution in [-0.4, -0.2) is 49.6 Å². The Balaban J connectivity index is 2.17. The summed E-state index contributed by atoms with van der Waals surface area (Å²) in [6.07, 6.45) is 5.76. The average molecular weight is 270 g/mol. The molecule has 0 bridgehead atoms. The fraction of sp³-hybridized carbons (Fsp3) is 0.857. The van der Waals surface area contributed by atoms with Crippen LogP contribution >= 0.6 is 0 Å². The molecule has 5 heteroatoms. The summed E-state index contributed by atoms with van der Waals surface area (Å²) in [5.74, 6) is -0.165. The molecule has 1 rings (SSSR count). The Hall–Kier alpha value is -1.10. The lowest BCUT2D eigenvalue weighted by atomic mass is 10.0. The van der Waals surface area contributed by atoms with Crippen molar-refractivity contribution in [3.8, 4) is 0 Å². The molecule has 1 amide bonds. The number of amides is 1. The van der Waals surface area contributed by atoms with Crippen molar-refractivity contribution in [2.45, 2.75) is 51.5 Å². The molecule has 0 aromatic rings. The molecular formula is C14H26N2O3. The fourth-order valence-corrected chi connectivity index (χ4v) is 2.53. The molecule has 1 aliphatic rings. The molecule has 1 heterocycles. The van der Waals surface area contributed by atoms with E-state index in [2.05, 4.69) is 21.9 Å². The molecule has 5 nitrogen and oxygen atoms in total. The van der Waals surface area contributed by atoms with E-state index < -0.39 is 0 Å². The molecule has 0 aromatic carbocycles. The first-order valence-electron chi connectivity index (χ1n) is 7.25. The second kappa shape index (κ2) is 8.91. The molecule has 19 heavy (non-hydrogen) atoms. The topological polar surface area (TPSA) is 58.6 Å². The van der Waals surface area contributed by atoms with Crippen molar-refractivity contribution in [3.63, 3.8) is 0 Å². The normalized spacial score (nSPS) is 20.0. The number of carbonyl (C=O) groups is 2. The van der Waals surface area contributed by atoms with E-state index >= 15 is 0 Å². The summed E-state index contributed by atoms with van der Waals surface area (Å²) in [6.45, 7) is 4.22. The smallest absolute Gasteiger partial charge is 0.305 e. The van der Waals surface area contributed by atoms with Crippen LogP contribution in [0.4, 0.5) is 0 Å². The largest absolute Gasteiger partial charge is 0.469 e. The maximum absolute atomic E-state index is 11.8. The molecule has 1 fully saturated rings. The number of ether oxygens (including phenoxy) is 1. The molecular weight excluding hydrogens is 244 g/mol. The van der Waals surface area contributed by atoms with Crippen molar-refractivity contribution in [2.24, 2.45) is 0 Å². The molecule has 0 saturated carbocycles. The van der Waals surface area contributed by atoms with Gasteiger partial charge in [-0.1, -0.05) is 13.3 Å². The summed E-state index contributed by atoms with van der Waals surface area (Å²) in [5.41, 5.74) is 0. The first-order valence-corrected chi connectivity index (χ1v) is 7.25. The van der Waals surface area contributed by atoms with E-state index in [4.69, 9.17) is 0 Å². The summed E-state index contributed by atoms with van der Waals surface area (Å²) in [4.78, 5) is 25.0. The minimum Gasteiger partial charge on any atom is -0.469 e. The zero-order chi connectivity index (χ0) is 14.1. The van der Waals surface area contributed by atoms with Crippen LogP contribution in [0.3, 0.4) is 0 Å². The molecule has 1 unspecified atom stereocenters. The molecule has 1 aliphatic heterocycles. The summed E-state index contributed by atoms with van der Waals surface area (Å²) in [6, 6.07) is 0.551. The zero-order valence-corrected chi connectivity index (χ0v) is 12.1. The maximum atomic E-state index is 11.8. The zero-order valence-electron chi connectivity index (χ0n) is 12.1. The predicted molar refractivity (Wildman–Crippen MR) is 73.8 cm³/mol. The lowest BCUT2D eigenvalue weighted by Crippen LogP contribution is -2.45. The minimum atomic E-state index is -0.226. The van der Waals surface area contributed by atoms with E-state index in [0.29, 0.717) is 32.0 Å². The van der Waals surface area contributed by atoms with Crippen LogP contribution in [-0.2, 0) is 14.3 Å². The molecule has 0 radical (unpaired) electrons. The van der Waals surface area contributed by atoms with Crippen molar-refractivity contribution in [1.82, 2.24) is 10.2 Å². The van der Waals surface area contributed by atoms with E-state index in [1.54, 1.807) is 0 Å². The van der Waals surface area contributed by atoms with Crippen LogP contribution in [0.5, 0.6) is 0 Å². The SMILES string of the molecule is CCC1CCCCN1CC(=O)NCCCC(=O)OC. The number of hydrogen-bond acceptors (Lipinski definition) is 4. The van der Waals surface area contributed by atoms with Gasteiger partial charge in [0.1, 0.15) is 0 Å². The monoisotopic (exact) mass is 270 g/mol. The second-order valence-electron chi connectivity index (χ2n) is 5.06. The van der Waals surface area contributed by atoms with Crippen molar-refractivity contribution in [1.29, 1.82) is 0 Å². The number of hydrogen-bond donors (Lipinski definition) is 1. The van der Waals surface area contributed by atoms with E-state index in [1.165, 1.54) is 26.4 Å². The molecule has 0 aliphatic carbocycles. The van der Waals surface area contributed by atoms with Gasteiger partial charge in [-0.3, -0.25) is 14.5 Å². The van der Waals surface area contributed by atoms with Gasteiger partial charge in [0, 0.05) is 19.0 Å². The lowest BCUT2D eigenvalue weighted by molar-refractivity contribution is -0.140. The summed E-state index contributed by atoms with van der Waals surface area (Å²) in [5, 5.41) is 2.87. The molecule has 1 saturated heterocycles. The predicted octanol–water partition coefficient (Wildman–Crippen LogP) is 1.32. The van der Waals surface area contributed by atoms with E-state index in [-0.39, 0.29) is 11.9 Å². The van der Waals surface area contributed by atoms with Crippen LogP contribution in [0.15, 0.2) is 0 Å². The molecule has 0 spiro atoms. The van der Waals surface area contributed by atoms with Crippen LogP contribution in [0, 0.1) is 0 Å². The highest BCUT2D eigenvalue weighted by Crippen LogP contribution is 2.18. The minimum absolute atomic E-state index is 0.0604. The third kappa shape index (κ3) is 6.05. The maximum Gasteiger partial charge on any atom is 0.305 e. The third-order valence-corrected chi connectivity index (χ3v) is 3.67.